The predicted octanol–water partition coefficient (Wildman–Crippen LogP) is 7.36. The van der Waals surface area contributed by atoms with E-state index in [1.165, 1.54) is 24.0 Å². The number of anilines is 3. The standard InChI is InChI=1S/C27H33NO2/c1-22-8-12-24(13-9-22)28(25-14-10-23(2)11-15-25)26-16-18-27(19-17-26)30-21-7-5-4-6-20-29-3/h8-19H,4-7,20-21H2,1-3H3. The summed E-state index contributed by atoms with van der Waals surface area (Å²) in [7, 11) is 1.76. The number of hydrogen-bond acceptors (Lipinski definition) is 3. The van der Waals surface area contributed by atoms with Crippen LogP contribution < -0.4 is 9.64 Å². The minimum Gasteiger partial charge on any atom is -0.494 e. The van der Waals surface area contributed by atoms with Gasteiger partial charge in [-0.1, -0.05) is 41.8 Å². The van der Waals surface area contributed by atoms with Gasteiger partial charge >= 0.3 is 0 Å². The third kappa shape index (κ3) is 6.36. The summed E-state index contributed by atoms with van der Waals surface area (Å²) in [5.74, 6) is 0.920. The zero-order valence-electron chi connectivity index (χ0n) is 18.4. The van der Waals surface area contributed by atoms with Crippen molar-refractivity contribution in [1.82, 2.24) is 0 Å². The van der Waals surface area contributed by atoms with Crippen LogP contribution in [0.2, 0.25) is 0 Å². The SMILES string of the molecule is COCCCCCCOc1ccc(N(c2ccc(C)cc2)c2ccc(C)cc2)cc1. The Labute approximate surface area is 181 Å². The van der Waals surface area contributed by atoms with Gasteiger partial charge in [-0.2, -0.15) is 0 Å². The molecule has 0 radical (unpaired) electrons. The lowest BCUT2D eigenvalue weighted by atomic mass is 10.1. The van der Waals surface area contributed by atoms with Gasteiger partial charge in [0.2, 0.25) is 0 Å². The van der Waals surface area contributed by atoms with Crippen LogP contribution >= 0.6 is 0 Å². The molecule has 0 unspecified atom stereocenters. The normalized spacial score (nSPS) is 10.8. The van der Waals surface area contributed by atoms with Crippen LogP contribution in [0.1, 0.15) is 36.8 Å². The van der Waals surface area contributed by atoms with Crippen molar-refractivity contribution in [2.75, 3.05) is 25.2 Å². The van der Waals surface area contributed by atoms with Crippen LogP contribution in [0, 0.1) is 13.8 Å². The third-order valence-corrected chi connectivity index (χ3v) is 5.19. The lowest BCUT2D eigenvalue weighted by Crippen LogP contribution is -2.10. The summed E-state index contributed by atoms with van der Waals surface area (Å²) >= 11 is 0. The highest BCUT2D eigenvalue weighted by molar-refractivity contribution is 5.76. The van der Waals surface area contributed by atoms with Crippen LogP contribution in [0.15, 0.2) is 72.8 Å². The van der Waals surface area contributed by atoms with Gasteiger partial charge in [-0.3, -0.25) is 0 Å². The average molecular weight is 404 g/mol. The number of methoxy groups -OCH3 is 1. The Kier molecular flexibility index (Phi) is 8.34. The lowest BCUT2D eigenvalue weighted by Gasteiger charge is -2.26. The van der Waals surface area contributed by atoms with E-state index < -0.39 is 0 Å². The largest absolute Gasteiger partial charge is 0.494 e. The maximum atomic E-state index is 5.94. The Morgan fingerprint density at radius 2 is 1.00 bits per heavy atom. The van der Waals surface area contributed by atoms with Gasteiger partial charge in [-0.15, -0.1) is 0 Å². The Morgan fingerprint density at radius 3 is 1.47 bits per heavy atom. The van der Waals surface area contributed by atoms with E-state index in [1.54, 1.807) is 7.11 Å². The van der Waals surface area contributed by atoms with Crippen LogP contribution in [0.4, 0.5) is 17.1 Å². The predicted molar refractivity (Wildman–Crippen MR) is 126 cm³/mol. The van der Waals surface area contributed by atoms with Crippen molar-refractivity contribution >= 4 is 17.1 Å². The number of hydrogen-bond donors (Lipinski definition) is 0. The first-order chi connectivity index (χ1) is 14.7. The van der Waals surface area contributed by atoms with Crippen molar-refractivity contribution in [3.8, 4) is 5.75 Å². The first kappa shape index (κ1) is 21.9. The van der Waals surface area contributed by atoms with Crippen molar-refractivity contribution in [1.29, 1.82) is 0 Å². The number of aryl methyl sites for hydroxylation is 2. The highest BCUT2D eigenvalue weighted by atomic mass is 16.5. The molecule has 0 amide bonds. The highest BCUT2D eigenvalue weighted by Gasteiger charge is 2.12. The van der Waals surface area contributed by atoms with Crippen LogP contribution in [0.5, 0.6) is 5.75 Å². The summed E-state index contributed by atoms with van der Waals surface area (Å²) in [5.41, 5.74) is 5.93. The Morgan fingerprint density at radius 1 is 0.567 bits per heavy atom. The zero-order chi connectivity index (χ0) is 21.2. The molecular formula is C27H33NO2. The van der Waals surface area contributed by atoms with Crippen molar-refractivity contribution < 1.29 is 9.47 Å². The molecule has 0 fully saturated rings. The second-order valence-corrected chi connectivity index (χ2v) is 7.76. The minimum absolute atomic E-state index is 0.756. The van der Waals surface area contributed by atoms with E-state index in [1.807, 2.05) is 0 Å². The van der Waals surface area contributed by atoms with Gasteiger partial charge in [0.05, 0.1) is 6.61 Å². The molecule has 158 valence electrons. The molecule has 0 N–H and O–H groups in total. The van der Waals surface area contributed by atoms with Gasteiger partial charge in [-0.25, -0.2) is 0 Å². The van der Waals surface area contributed by atoms with E-state index in [9.17, 15) is 0 Å². The molecular weight excluding hydrogens is 370 g/mol. The maximum absolute atomic E-state index is 5.94. The lowest BCUT2D eigenvalue weighted by molar-refractivity contribution is 0.191. The molecule has 0 aliphatic rings. The van der Waals surface area contributed by atoms with E-state index in [0.29, 0.717) is 0 Å². The molecule has 0 aliphatic heterocycles. The van der Waals surface area contributed by atoms with Crippen molar-refractivity contribution in [2.24, 2.45) is 0 Å². The summed E-state index contributed by atoms with van der Waals surface area (Å²) in [6, 6.07) is 25.7. The molecule has 3 aromatic carbocycles. The summed E-state index contributed by atoms with van der Waals surface area (Å²) in [6.07, 6.45) is 4.57. The monoisotopic (exact) mass is 403 g/mol. The number of rotatable bonds is 11. The van der Waals surface area contributed by atoms with E-state index in [4.69, 9.17) is 9.47 Å². The van der Waals surface area contributed by atoms with Crippen LogP contribution in [-0.2, 0) is 4.74 Å². The van der Waals surface area contributed by atoms with Crippen LogP contribution in [0.3, 0.4) is 0 Å². The fourth-order valence-corrected chi connectivity index (χ4v) is 3.42. The van der Waals surface area contributed by atoms with E-state index in [0.717, 1.165) is 48.9 Å². The van der Waals surface area contributed by atoms with Crippen molar-refractivity contribution in [2.45, 2.75) is 39.5 Å². The van der Waals surface area contributed by atoms with Crippen molar-refractivity contribution in [3.05, 3.63) is 83.9 Å². The molecule has 0 spiro atoms. The summed E-state index contributed by atoms with van der Waals surface area (Å²) in [4.78, 5) is 2.28. The Bertz CT molecular complexity index is 825. The van der Waals surface area contributed by atoms with E-state index in [-0.39, 0.29) is 0 Å². The van der Waals surface area contributed by atoms with Crippen LogP contribution in [0.25, 0.3) is 0 Å². The van der Waals surface area contributed by atoms with E-state index in [2.05, 4.69) is 91.5 Å². The summed E-state index contributed by atoms with van der Waals surface area (Å²) in [5, 5.41) is 0. The maximum Gasteiger partial charge on any atom is 0.119 e. The minimum atomic E-state index is 0.756. The molecule has 0 bridgehead atoms. The molecule has 0 aromatic heterocycles. The Hall–Kier alpha value is -2.78. The highest BCUT2D eigenvalue weighted by Crippen LogP contribution is 2.35. The second-order valence-electron chi connectivity index (χ2n) is 7.76. The van der Waals surface area contributed by atoms with Crippen molar-refractivity contribution in [3.63, 3.8) is 0 Å². The van der Waals surface area contributed by atoms with E-state index >= 15 is 0 Å². The van der Waals surface area contributed by atoms with Crippen LogP contribution in [-0.4, -0.2) is 20.3 Å². The topological polar surface area (TPSA) is 21.7 Å². The second kappa shape index (κ2) is 11.4. The zero-order valence-corrected chi connectivity index (χ0v) is 18.4. The van der Waals surface area contributed by atoms with Gasteiger partial charge in [0.15, 0.2) is 0 Å². The Balaban J connectivity index is 1.68. The van der Waals surface area contributed by atoms with Gasteiger partial charge < -0.3 is 14.4 Å². The number of unbranched alkanes of at least 4 members (excludes halogenated alkanes) is 3. The molecule has 0 saturated heterocycles. The number of ether oxygens (including phenoxy) is 2. The molecule has 0 saturated carbocycles. The first-order valence-corrected chi connectivity index (χ1v) is 10.8. The molecule has 3 aromatic rings. The first-order valence-electron chi connectivity index (χ1n) is 10.8. The molecule has 3 nitrogen and oxygen atoms in total. The smallest absolute Gasteiger partial charge is 0.119 e. The summed E-state index contributed by atoms with van der Waals surface area (Å²) in [6.45, 7) is 5.83. The van der Waals surface area contributed by atoms with Gasteiger partial charge in [0, 0.05) is 30.8 Å². The molecule has 0 atom stereocenters. The quantitative estimate of drug-likeness (QED) is 0.312. The molecule has 3 heteroatoms. The number of benzene rings is 3. The number of nitrogens with zero attached hydrogens (tertiary/aromatic N) is 1. The molecule has 0 aliphatic carbocycles. The fourth-order valence-electron chi connectivity index (χ4n) is 3.42. The average Bonchev–Trinajstić information content (AvgIpc) is 2.77. The fraction of sp³-hybridized carbons (Fsp3) is 0.333. The molecule has 0 heterocycles. The molecule has 3 rings (SSSR count). The van der Waals surface area contributed by atoms with Gasteiger partial charge in [-0.05, 0) is 81.6 Å². The van der Waals surface area contributed by atoms with Gasteiger partial charge in [0.1, 0.15) is 5.75 Å². The molecule has 30 heavy (non-hydrogen) atoms. The third-order valence-electron chi connectivity index (χ3n) is 5.19. The summed E-state index contributed by atoms with van der Waals surface area (Å²) < 4.78 is 11.0. The van der Waals surface area contributed by atoms with Gasteiger partial charge in [0.25, 0.3) is 0 Å².